The average molecular weight is 203 g/mol. The first-order chi connectivity index (χ1) is 6.25. The fourth-order valence-electron chi connectivity index (χ4n) is 1.62. The Bertz CT molecular complexity index is 169. The summed E-state index contributed by atoms with van der Waals surface area (Å²) in [6.45, 7) is 5.28. The Morgan fingerprint density at radius 2 is 2.15 bits per heavy atom. The van der Waals surface area contributed by atoms with Gasteiger partial charge in [0.15, 0.2) is 0 Å². The van der Waals surface area contributed by atoms with Crippen molar-refractivity contribution < 1.29 is 9.53 Å². The van der Waals surface area contributed by atoms with E-state index in [9.17, 15) is 4.79 Å². The lowest BCUT2D eigenvalue weighted by Gasteiger charge is -2.32. The minimum Gasteiger partial charge on any atom is -0.379 e. The largest absolute Gasteiger partial charge is 0.379 e. The topological polar surface area (TPSA) is 29.5 Å². The van der Waals surface area contributed by atoms with Crippen LogP contribution in [0.2, 0.25) is 0 Å². The SMILES string of the molecule is CCCC(C(=O)S)N1CCOCC1. The van der Waals surface area contributed by atoms with Crippen molar-refractivity contribution in [2.45, 2.75) is 25.8 Å². The van der Waals surface area contributed by atoms with Crippen molar-refractivity contribution in [2.24, 2.45) is 0 Å². The summed E-state index contributed by atoms with van der Waals surface area (Å²) in [5, 5.41) is -0.0104. The first-order valence-corrected chi connectivity index (χ1v) is 5.25. The number of ether oxygens (including phenoxy) is 1. The molecule has 0 aromatic carbocycles. The van der Waals surface area contributed by atoms with E-state index in [2.05, 4.69) is 24.5 Å². The molecule has 0 aliphatic carbocycles. The standard InChI is InChI=1S/C9H17NO2S/c1-2-3-8(9(11)13)10-4-6-12-7-5-10/h8H,2-7H2,1H3,(H,11,13). The van der Waals surface area contributed by atoms with Gasteiger partial charge in [0.05, 0.1) is 19.3 Å². The second-order valence-electron chi connectivity index (χ2n) is 3.29. The summed E-state index contributed by atoms with van der Waals surface area (Å²) >= 11 is 3.92. The predicted octanol–water partition coefficient (Wildman–Crippen LogP) is 0.944. The minimum absolute atomic E-state index is 0.00256. The van der Waals surface area contributed by atoms with E-state index in [1.165, 1.54) is 0 Å². The smallest absolute Gasteiger partial charge is 0.203 e. The maximum absolute atomic E-state index is 11.2. The van der Waals surface area contributed by atoms with E-state index in [-0.39, 0.29) is 11.2 Å². The van der Waals surface area contributed by atoms with Crippen LogP contribution in [0.15, 0.2) is 0 Å². The highest BCUT2D eigenvalue weighted by atomic mass is 32.1. The number of rotatable bonds is 4. The van der Waals surface area contributed by atoms with Crippen LogP contribution in [-0.2, 0) is 9.53 Å². The molecule has 4 heteroatoms. The fourth-order valence-corrected chi connectivity index (χ4v) is 1.92. The van der Waals surface area contributed by atoms with Crippen molar-refractivity contribution in [3.8, 4) is 0 Å². The number of thiol groups is 1. The van der Waals surface area contributed by atoms with Crippen molar-refractivity contribution in [2.75, 3.05) is 26.3 Å². The molecule has 0 saturated carbocycles. The zero-order valence-corrected chi connectivity index (χ0v) is 8.93. The Kier molecular flexibility index (Phi) is 4.77. The van der Waals surface area contributed by atoms with Gasteiger partial charge in [-0.3, -0.25) is 9.69 Å². The van der Waals surface area contributed by atoms with Crippen LogP contribution in [0.25, 0.3) is 0 Å². The summed E-state index contributed by atoms with van der Waals surface area (Å²) in [6.07, 6.45) is 1.93. The average Bonchev–Trinajstić information content (AvgIpc) is 2.15. The molecule has 1 unspecified atom stereocenters. The third-order valence-corrected chi connectivity index (χ3v) is 2.63. The highest BCUT2D eigenvalue weighted by Crippen LogP contribution is 2.12. The van der Waals surface area contributed by atoms with Gasteiger partial charge in [-0.15, -0.1) is 12.6 Å². The van der Waals surface area contributed by atoms with Gasteiger partial charge in [-0.25, -0.2) is 0 Å². The summed E-state index contributed by atoms with van der Waals surface area (Å²) in [7, 11) is 0. The Balaban J connectivity index is 2.46. The number of carbonyl (C=O) groups is 1. The van der Waals surface area contributed by atoms with Crippen LogP contribution in [0.5, 0.6) is 0 Å². The molecule has 3 nitrogen and oxygen atoms in total. The van der Waals surface area contributed by atoms with Crippen LogP contribution in [0, 0.1) is 0 Å². The lowest BCUT2D eigenvalue weighted by molar-refractivity contribution is -0.117. The molecule has 1 heterocycles. The summed E-state index contributed by atoms with van der Waals surface area (Å²) in [5.74, 6) is 0. The maximum Gasteiger partial charge on any atom is 0.203 e. The molecular formula is C9H17NO2S. The van der Waals surface area contributed by atoms with Crippen molar-refractivity contribution in [1.29, 1.82) is 0 Å². The van der Waals surface area contributed by atoms with Gasteiger partial charge >= 0.3 is 0 Å². The fraction of sp³-hybridized carbons (Fsp3) is 0.889. The maximum atomic E-state index is 11.2. The second-order valence-corrected chi connectivity index (χ2v) is 3.73. The number of hydrogen-bond acceptors (Lipinski definition) is 3. The number of hydrogen-bond donors (Lipinski definition) is 1. The summed E-state index contributed by atoms with van der Waals surface area (Å²) in [6, 6.07) is -0.00256. The molecule has 0 aromatic rings. The normalized spacial score (nSPS) is 21.4. The molecular weight excluding hydrogens is 186 g/mol. The Labute approximate surface area is 84.8 Å². The second kappa shape index (κ2) is 5.62. The van der Waals surface area contributed by atoms with Gasteiger partial charge in [0.1, 0.15) is 0 Å². The zero-order chi connectivity index (χ0) is 9.68. The van der Waals surface area contributed by atoms with E-state index in [0.717, 1.165) is 39.1 Å². The molecule has 13 heavy (non-hydrogen) atoms. The van der Waals surface area contributed by atoms with Gasteiger partial charge in [-0.2, -0.15) is 0 Å². The summed E-state index contributed by atoms with van der Waals surface area (Å²) in [4.78, 5) is 13.4. The Morgan fingerprint density at radius 1 is 1.54 bits per heavy atom. The third-order valence-electron chi connectivity index (χ3n) is 2.33. The van der Waals surface area contributed by atoms with E-state index in [1.54, 1.807) is 0 Å². The first kappa shape index (κ1) is 11.0. The molecule has 1 atom stereocenters. The van der Waals surface area contributed by atoms with E-state index in [4.69, 9.17) is 4.74 Å². The molecule has 0 aromatic heterocycles. The van der Waals surface area contributed by atoms with Crippen LogP contribution in [-0.4, -0.2) is 42.4 Å². The monoisotopic (exact) mass is 203 g/mol. The Morgan fingerprint density at radius 3 is 2.62 bits per heavy atom. The highest BCUT2D eigenvalue weighted by Gasteiger charge is 2.24. The molecule has 0 radical (unpaired) electrons. The van der Waals surface area contributed by atoms with Gasteiger partial charge < -0.3 is 4.74 Å². The summed E-state index contributed by atoms with van der Waals surface area (Å²) in [5.41, 5.74) is 0. The van der Waals surface area contributed by atoms with Gasteiger partial charge in [0.2, 0.25) is 5.12 Å². The van der Waals surface area contributed by atoms with Crippen molar-refractivity contribution in [1.82, 2.24) is 4.90 Å². The van der Waals surface area contributed by atoms with Crippen LogP contribution in [0.4, 0.5) is 0 Å². The van der Waals surface area contributed by atoms with Crippen molar-refractivity contribution in [3.05, 3.63) is 0 Å². The van der Waals surface area contributed by atoms with Gasteiger partial charge in [-0.05, 0) is 6.42 Å². The first-order valence-electron chi connectivity index (χ1n) is 4.80. The quantitative estimate of drug-likeness (QED) is 0.690. The molecule has 1 fully saturated rings. The molecule has 0 spiro atoms. The van der Waals surface area contributed by atoms with Crippen LogP contribution in [0.1, 0.15) is 19.8 Å². The van der Waals surface area contributed by atoms with Crippen molar-refractivity contribution in [3.63, 3.8) is 0 Å². The predicted molar refractivity (Wildman–Crippen MR) is 55.1 cm³/mol. The molecule has 1 saturated heterocycles. The molecule has 0 N–H and O–H groups in total. The lowest BCUT2D eigenvalue weighted by Crippen LogP contribution is -2.46. The molecule has 0 bridgehead atoms. The minimum atomic E-state index is -0.0104. The Hall–Kier alpha value is -0.0600. The van der Waals surface area contributed by atoms with Crippen LogP contribution < -0.4 is 0 Å². The number of morpholine rings is 1. The van der Waals surface area contributed by atoms with E-state index < -0.39 is 0 Å². The molecule has 1 aliphatic rings. The van der Waals surface area contributed by atoms with Crippen LogP contribution in [0.3, 0.4) is 0 Å². The van der Waals surface area contributed by atoms with E-state index in [1.807, 2.05) is 0 Å². The molecule has 1 aliphatic heterocycles. The van der Waals surface area contributed by atoms with Gasteiger partial charge in [0.25, 0.3) is 0 Å². The zero-order valence-electron chi connectivity index (χ0n) is 8.03. The number of carbonyl (C=O) groups excluding carboxylic acids is 1. The number of nitrogens with zero attached hydrogens (tertiary/aromatic N) is 1. The van der Waals surface area contributed by atoms with Crippen LogP contribution >= 0.6 is 12.6 Å². The third kappa shape index (κ3) is 3.29. The van der Waals surface area contributed by atoms with E-state index in [0.29, 0.717) is 0 Å². The highest BCUT2D eigenvalue weighted by molar-refractivity contribution is 7.96. The van der Waals surface area contributed by atoms with E-state index >= 15 is 0 Å². The molecule has 76 valence electrons. The molecule has 0 amide bonds. The lowest BCUT2D eigenvalue weighted by atomic mass is 10.1. The van der Waals surface area contributed by atoms with Gasteiger partial charge in [-0.1, -0.05) is 13.3 Å². The van der Waals surface area contributed by atoms with Gasteiger partial charge in [0, 0.05) is 13.1 Å². The van der Waals surface area contributed by atoms with Crippen molar-refractivity contribution >= 4 is 17.7 Å². The summed E-state index contributed by atoms with van der Waals surface area (Å²) < 4.78 is 5.23. The molecule has 1 rings (SSSR count).